The highest BCUT2D eigenvalue weighted by molar-refractivity contribution is 7.89. The Morgan fingerprint density at radius 2 is 1.52 bits per heavy atom. The lowest BCUT2D eigenvalue weighted by molar-refractivity contribution is -0.0927. The Labute approximate surface area is 173 Å². The topological polar surface area (TPSA) is 82.1 Å². The van der Waals surface area contributed by atoms with E-state index in [1.807, 2.05) is 37.3 Å². The highest BCUT2D eigenvalue weighted by Gasteiger charge is 2.31. The molecule has 160 valence electrons. The van der Waals surface area contributed by atoms with Crippen LogP contribution in [0.5, 0.6) is 0 Å². The summed E-state index contributed by atoms with van der Waals surface area (Å²) in [5.74, 6) is 0. The number of nitrogens with zero attached hydrogens (tertiary/aromatic N) is 1. The molecule has 0 N–H and O–H groups in total. The van der Waals surface area contributed by atoms with Gasteiger partial charge in [-0.15, -0.1) is 0 Å². The zero-order chi connectivity index (χ0) is 21.3. The van der Waals surface area contributed by atoms with Gasteiger partial charge in [0.05, 0.1) is 37.4 Å². The van der Waals surface area contributed by atoms with Gasteiger partial charge in [-0.25, -0.2) is 8.42 Å². The van der Waals surface area contributed by atoms with Crippen LogP contribution in [0.1, 0.15) is 25.0 Å². The minimum Gasteiger partial charge on any atom is -0.309 e. The Balaban J connectivity index is 2.24. The molecule has 0 fully saturated rings. The fourth-order valence-corrected chi connectivity index (χ4v) is 5.49. The van der Waals surface area contributed by atoms with Gasteiger partial charge in [-0.1, -0.05) is 52.5 Å². The molecular formula is C20H28NO6PS. The second kappa shape index (κ2) is 11.0. The average molecular weight is 441 g/mol. The summed E-state index contributed by atoms with van der Waals surface area (Å²) in [4.78, 5) is 5.74. The second-order valence-electron chi connectivity index (χ2n) is 6.27. The molecule has 2 aromatic carbocycles. The standard InChI is InChI=1S/C20H28NO6PS/c1-4-26-28(22,27-5-2)16-15-21(25-17-19-9-7-6-8-10-19)29(23,24)20-13-11-18(3)12-14-20/h6-14H,4-5,15-17H2,1-3H3. The van der Waals surface area contributed by atoms with Crippen LogP contribution in [0.3, 0.4) is 0 Å². The van der Waals surface area contributed by atoms with Gasteiger partial charge in [0.1, 0.15) is 0 Å². The summed E-state index contributed by atoms with van der Waals surface area (Å²) in [7, 11) is -7.39. The fraction of sp³-hybridized carbons (Fsp3) is 0.400. The van der Waals surface area contributed by atoms with Gasteiger partial charge in [0.2, 0.25) is 0 Å². The normalized spacial score (nSPS) is 12.4. The van der Waals surface area contributed by atoms with E-state index >= 15 is 0 Å². The van der Waals surface area contributed by atoms with Crippen molar-refractivity contribution >= 4 is 17.6 Å². The van der Waals surface area contributed by atoms with E-state index in [1.165, 1.54) is 12.1 Å². The summed E-state index contributed by atoms with van der Waals surface area (Å²) < 4.78 is 50.5. The summed E-state index contributed by atoms with van der Waals surface area (Å²) in [6.07, 6.45) is -0.117. The summed E-state index contributed by atoms with van der Waals surface area (Å²) in [5, 5.41) is 0. The van der Waals surface area contributed by atoms with E-state index < -0.39 is 17.6 Å². The molecule has 0 aromatic heterocycles. The first kappa shape index (κ1) is 23.7. The average Bonchev–Trinajstić information content (AvgIpc) is 2.69. The van der Waals surface area contributed by atoms with Crippen molar-refractivity contribution in [3.63, 3.8) is 0 Å². The first-order valence-corrected chi connectivity index (χ1v) is 12.6. The van der Waals surface area contributed by atoms with E-state index in [2.05, 4.69) is 0 Å². The molecule has 0 bridgehead atoms. The molecule has 0 aliphatic carbocycles. The van der Waals surface area contributed by atoms with E-state index in [0.29, 0.717) is 0 Å². The molecule has 29 heavy (non-hydrogen) atoms. The molecule has 0 amide bonds. The largest absolute Gasteiger partial charge is 0.332 e. The fourth-order valence-electron chi connectivity index (χ4n) is 2.57. The van der Waals surface area contributed by atoms with Crippen LogP contribution in [0.4, 0.5) is 0 Å². The molecule has 2 aromatic rings. The second-order valence-corrected chi connectivity index (χ2v) is 10.3. The molecule has 0 heterocycles. The number of hydrogen-bond donors (Lipinski definition) is 0. The molecule has 0 spiro atoms. The molecule has 0 atom stereocenters. The van der Waals surface area contributed by atoms with Crippen LogP contribution in [0, 0.1) is 6.92 Å². The Morgan fingerprint density at radius 1 is 0.931 bits per heavy atom. The van der Waals surface area contributed by atoms with Gasteiger partial charge < -0.3 is 9.05 Å². The van der Waals surface area contributed by atoms with Crippen LogP contribution in [0.25, 0.3) is 0 Å². The lowest BCUT2D eigenvalue weighted by Gasteiger charge is -2.24. The number of sulfonamides is 1. The molecule has 0 radical (unpaired) electrons. The van der Waals surface area contributed by atoms with Crippen LogP contribution in [-0.2, 0) is 35.1 Å². The molecule has 9 heteroatoms. The van der Waals surface area contributed by atoms with Crippen LogP contribution >= 0.6 is 7.60 Å². The van der Waals surface area contributed by atoms with E-state index in [4.69, 9.17) is 13.9 Å². The smallest absolute Gasteiger partial charge is 0.309 e. The Bertz CT molecular complexity index is 892. The van der Waals surface area contributed by atoms with Crippen LogP contribution in [0.15, 0.2) is 59.5 Å². The first-order valence-electron chi connectivity index (χ1n) is 9.45. The highest BCUT2D eigenvalue weighted by atomic mass is 32.2. The van der Waals surface area contributed by atoms with Gasteiger partial charge in [0, 0.05) is 0 Å². The van der Waals surface area contributed by atoms with Gasteiger partial charge >= 0.3 is 7.60 Å². The quantitative estimate of drug-likeness (QED) is 0.359. The van der Waals surface area contributed by atoms with Crippen molar-refractivity contribution in [3.8, 4) is 0 Å². The molecule has 0 saturated carbocycles. The molecular weight excluding hydrogens is 413 g/mol. The van der Waals surface area contributed by atoms with Crippen molar-refractivity contribution in [1.82, 2.24) is 4.47 Å². The van der Waals surface area contributed by atoms with Gasteiger partial charge in [-0.3, -0.25) is 9.40 Å². The number of hydrogen-bond acceptors (Lipinski definition) is 6. The third-order valence-electron chi connectivity index (χ3n) is 4.01. The summed E-state index contributed by atoms with van der Waals surface area (Å²) >= 11 is 0. The van der Waals surface area contributed by atoms with Gasteiger partial charge in [0.15, 0.2) is 0 Å². The van der Waals surface area contributed by atoms with Crippen molar-refractivity contribution in [1.29, 1.82) is 0 Å². The zero-order valence-electron chi connectivity index (χ0n) is 17.0. The number of benzene rings is 2. The number of hydroxylamine groups is 1. The van der Waals surface area contributed by atoms with Gasteiger partial charge in [0.25, 0.3) is 10.0 Å². The van der Waals surface area contributed by atoms with Crippen LogP contribution in [0.2, 0.25) is 0 Å². The third-order valence-corrected chi connectivity index (χ3v) is 7.76. The van der Waals surface area contributed by atoms with E-state index in [-0.39, 0.29) is 37.4 Å². The predicted molar refractivity (Wildman–Crippen MR) is 112 cm³/mol. The molecule has 0 unspecified atom stereocenters. The minimum atomic E-state index is -3.96. The number of aryl methyl sites for hydroxylation is 1. The van der Waals surface area contributed by atoms with Crippen molar-refractivity contribution in [3.05, 3.63) is 65.7 Å². The molecule has 0 aliphatic rings. The van der Waals surface area contributed by atoms with Crippen LogP contribution in [-0.4, -0.2) is 38.8 Å². The SMILES string of the molecule is CCOP(=O)(CCN(OCc1ccccc1)S(=O)(=O)c1ccc(C)cc1)OCC. The van der Waals surface area contributed by atoms with Crippen molar-refractivity contribution in [2.45, 2.75) is 32.3 Å². The van der Waals surface area contributed by atoms with Crippen molar-refractivity contribution in [2.24, 2.45) is 0 Å². The van der Waals surface area contributed by atoms with Crippen molar-refractivity contribution in [2.75, 3.05) is 25.9 Å². The van der Waals surface area contributed by atoms with E-state index in [9.17, 15) is 13.0 Å². The number of rotatable bonds is 12. The van der Waals surface area contributed by atoms with E-state index in [0.717, 1.165) is 15.6 Å². The molecule has 7 nitrogen and oxygen atoms in total. The monoisotopic (exact) mass is 441 g/mol. The maximum atomic E-state index is 13.1. The Morgan fingerprint density at radius 3 is 2.07 bits per heavy atom. The minimum absolute atomic E-state index is 0.0551. The highest BCUT2D eigenvalue weighted by Crippen LogP contribution is 2.47. The van der Waals surface area contributed by atoms with E-state index in [1.54, 1.807) is 26.0 Å². The molecule has 0 aliphatic heterocycles. The van der Waals surface area contributed by atoms with Crippen molar-refractivity contribution < 1.29 is 26.9 Å². The summed E-state index contributed by atoms with van der Waals surface area (Å²) in [5.41, 5.74) is 1.76. The maximum Gasteiger partial charge on any atom is 0.332 e. The third kappa shape index (κ3) is 7.03. The Hall–Kier alpha value is -1.54. The lowest BCUT2D eigenvalue weighted by Crippen LogP contribution is -2.34. The Kier molecular flexibility index (Phi) is 9.02. The molecule has 2 rings (SSSR count). The van der Waals surface area contributed by atoms with Gasteiger partial charge in [-0.2, -0.15) is 0 Å². The van der Waals surface area contributed by atoms with Gasteiger partial charge in [-0.05, 0) is 38.5 Å². The maximum absolute atomic E-state index is 13.1. The summed E-state index contributed by atoms with van der Waals surface area (Å²) in [6.45, 7) is 5.58. The summed E-state index contributed by atoms with van der Waals surface area (Å²) in [6, 6.07) is 15.7. The van der Waals surface area contributed by atoms with Crippen LogP contribution < -0.4 is 0 Å². The lowest BCUT2D eigenvalue weighted by atomic mass is 10.2. The zero-order valence-corrected chi connectivity index (χ0v) is 18.7. The molecule has 0 saturated heterocycles. The predicted octanol–water partition coefficient (Wildman–Crippen LogP) is 4.38. The first-order chi connectivity index (χ1) is 13.8.